The van der Waals surface area contributed by atoms with Crippen LogP contribution >= 0.6 is 0 Å². The number of benzene rings is 1. The molecule has 2 aliphatic heterocycles. The van der Waals surface area contributed by atoms with Crippen LogP contribution in [-0.2, 0) is 16.6 Å². The number of fused-ring (bicyclic) bond motifs is 1. The zero-order valence-electron chi connectivity index (χ0n) is 21.9. The van der Waals surface area contributed by atoms with E-state index in [2.05, 4.69) is 10.2 Å². The van der Waals surface area contributed by atoms with Crippen molar-refractivity contribution in [1.29, 1.82) is 0 Å². The van der Waals surface area contributed by atoms with Crippen molar-refractivity contribution in [1.82, 2.24) is 19.7 Å². The smallest absolute Gasteiger partial charge is 0.255 e. The molecule has 0 bridgehead atoms. The second-order valence-corrected chi connectivity index (χ2v) is 11.1. The second kappa shape index (κ2) is 10.2. The number of aromatic nitrogens is 1. The summed E-state index contributed by atoms with van der Waals surface area (Å²) in [7, 11) is 1.71. The predicted molar refractivity (Wildman–Crippen MR) is 140 cm³/mol. The highest BCUT2D eigenvalue weighted by atomic mass is 16.2. The molecule has 196 valence electrons. The molecule has 2 unspecified atom stereocenters. The molecular formula is C29H36N4O4. The van der Waals surface area contributed by atoms with Crippen molar-refractivity contribution >= 4 is 17.6 Å². The van der Waals surface area contributed by atoms with Gasteiger partial charge in [0.05, 0.1) is 17.5 Å². The Morgan fingerprint density at radius 3 is 2.27 bits per heavy atom. The number of carbonyl (C=O) groups is 3. The maximum Gasteiger partial charge on any atom is 0.255 e. The fourth-order valence-electron chi connectivity index (χ4n) is 6.18. The van der Waals surface area contributed by atoms with Crippen LogP contribution < -0.4 is 10.9 Å². The van der Waals surface area contributed by atoms with E-state index >= 15 is 0 Å². The lowest BCUT2D eigenvalue weighted by Crippen LogP contribution is -2.41. The zero-order valence-corrected chi connectivity index (χ0v) is 21.9. The van der Waals surface area contributed by atoms with Crippen LogP contribution in [0.5, 0.6) is 0 Å². The molecule has 5 rings (SSSR count). The number of ketones is 1. The third kappa shape index (κ3) is 5.12. The van der Waals surface area contributed by atoms with E-state index in [-0.39, 0.29) is 35.1 Å². The van der Waals surface area contributed by atoms with Gasteiger partial charge in [0.15, 0.2) is 0 Å². The van der Waals surface area contributed by atoms with Gasteiger partial charge < -0.3 is 19.7 Å². The summed E-state index contributed by atoms with van der Waals surface area (Å²) in [6, 6.07) is 11.5. The van der Waals surface area contributed by atoms with Gasteiger partial charge in [-0.2, -0.15) is 0 Å². The summed E-state index contributed by atoms with van der Waals surface area (Å²) in [5.41, 5.74) is 3.10. The first-order valence-electron chi connectivity index (χ1n) is 13.3. The minimum absolute atomic E-state index is 0.0212. The summed E-state index contributed by atoms with van der Waals surface area (Å²) in [6.07, 6.45) is 1.52. The average Bonchev–Trinajstić information content (AvgIpc) is 3.42. The molecule has 1 N–H and O–H groups in total. The molecule has 2 saturated heterocycles. The highest BCUT2D eigenvalue weighted by Crippen LogP contribution is 2.33. The van der Waals surface area contributed by atoms with Crippen molar-refractivity contribution < 1.29 is 14.4 Å². The summed E-state index contributed by atoms with van der Waals surface area (Å²) < 4.78 is 1.55. The summed E-state index contributed by atoms with van der Waals surface area (Å²) in [5.74, 6) is 0.838. The summed E-state index contributed by atoms with van der Waals surface area (Å²) in [5, 5.41) is 3.19. The van der Waals surface area contributed by atoms with Gasteiger partial charge in [-0.1, -0.05) is 30.3 Å². The van der Waals surface area contributed by atoms with Crippen LogP contribution in [0.15, 0.2) is 41.2 Å². The second-order valence-electron chi connectivity index (χ2n) is 11.1. The lowest BCUT2D eigenvalue weighted by atomic mass is 9.83. The van der Waals surface area contributed by atoms with E-state index in [1.54, 1.807) is 17.7 Å². The Hall–Kier alpha value is -3.26. The van der Waals surface area contributed by atoms with Crippen molar-refractivity contribution in [2.45, 2.75) is 39.2 Å². The highest BCUT2D eigenvalue weighted by molar-refractivity contribution is 5.97. The molecule has 3 aliphatic rings. The standard InChI is InChI=1S/C29H36N4O4/c1-18-11-26(35)31(3)19(2)27(18)29(37)33-16-22-14-32(15-23(22)17-33)10-9-25(20-7-5-4-6-8-20)30-28(36)21-12-24(34)13-21/h4-8,11,21-23,25H,9-10,12-17H2,1-3H3,(H,30,36)/t22?,23?,25-/m0/s1. The number of amides is 2. The fourth-order valence-corrected chi connectivity index (χ4v) is 6.18. The maximum absolute atomic E-state index is 13.4. The first-order valence-corrected chi connectivity index (χ1v) is 13.3. The van der Waals surface area contributed by atoms with Crippen molar-refractivity contribution in [3.8, 4) is 0 Å². The topological polar surface area (TPSA) is 91.7 Å². The predicted octanol–water partition coefficient (Wildman–Crippen LogP) is 2.23. The number of carbonyl (C=O) groups excluding carboxylic acids is 3. The third-order valence-electron chi connectivity index (χ3n) is 8.56. The van der Waals surface area contributed by atoms with Crippen LogP contribution in [0.3, 0.4) is 0 Å². The lowest BCUT2D eigenvalue weighted by Gasteiger charge is -2.28. The lowest BCUT2D eigenvalue weighted by molar-refractivity contribution is -0.138. The molecule has 1 saturated carbocycles. The normalized spacial score (nSPS) is 22.6. The van der Waals surface area contributed by atoms with E-state index < -0.39 is 0 Å². The van der Waals surface area contributed by atoms with E-state index in [0.717, 1.165) is 50.3 Å². The molecular weight excluding hydrogens is 468 g/mol. The number of pyridine rings is 1. The molecule has 8 heteroatoms. The molecule has 3 heterocycles. The first kappa shape index (κ1) is 25.4. The number of likely N-dealkylation sites (tertiary alicyclic amines) is 2. The molecule has 1 aliphatic carbocycles. The molecule has 0 radical (unpaired) electrons. The third-order valence-corrected chi connectivity index (χ3v) is 8.56. The number of aryl methyl sites for hydroxylation is 1. The number of hydrogen-bond donors (Lipinski definition) is 1. The molecule has 0 spiro atoms. The van der Waals surface area contributed by atoms with Gasteiger partial charge in [0.2, 0.25) is 5.91 Å². The van der Waals surface area contributed by atoms with Crippen LogP contribution in [0.1, 0.15) is 52.5 Å². The Balaban J connectivity index is 1.18. The van der Waals surface area contributed by atoms with E-state index in [9.17, 15) is 19.2 Å². The quantitative estimate of drug-likeness (QED) is 0.625. The number of rotatable bonds is 7. The molecule has 8 nitrogen and oxygen atoms in total. The molecule has 3 fully saturated rings. The van der Waals surface area contributed by atoms with Crippen molar-refractivity contribution in [3.63, 3.8) is 0 Å². The number of hydrogen-bond acceptors (Lipinski definition) is 5. The average molecular weight is 505 g/mol. The zero-order chi connectivity index (χ0) is 26.3. The van der Waals surface area contributed by atoms with E-state index in [0.29, 0.717) is 35.9 Å². The molecule has 2 amide bonds. The van der Waals surface area contributed by atoms with Gasteiger partial charge in [-0.25, -0.2) is 0 Å². The number of nitrogens with zero attached hydrogens (tertiary/aromatic N) is 3. The number of Topliss-reactive ketones (excluding diaryl/α,β-unsaturated/α-hetero) is 1. The molecule has 3 atom stereocenters. The van der Waals surface area contributed by atoms with Gasteiger partial charge in [-0.3, -0.25) is 19.2 Å². The minimum atomic E-state index is -0.187. The Morgan fingerprint density at radius 1 is 1.00 bits per heavy atom. The summed E-state index contributed by atoms with van der Waals surface area (Å²) in [6.45, 7) is 7.88. The largest absolute Gasteiger partial charge is 0.349 e. The van der Waals surface area contributed by atoms with Gasteiger partial charge in [-0.05, 0) is 43.2 Å². The molecule has 1 aromatic heterocycles. The van der Waals surface area contributed by atoms with Gasteiger partial charge >= 0.3 is 0 Å². The fraction of sp³-hybridized carbons (Fsp3) is 0.517. The van der Waals surface area contributed by atoms with Gasteiger partial charge in [0.1, 0.15) is 5.78 Å². The summed E-state index contributed by atoms with van der Waals surface area (Å²) in [4.78, 5) is 53.9. The Morgan fingerprint density at radius 2 is 1.65 bits per heavy atom. The van der Waals surface area contributed by atoms with Crippen molar-refractivity contribution in [2.24, 2.45) is 24.8 Å². The monoisotopic (exact) mass is 504 g/mol. The van der Waals surface area contributed by atoms with Crippen LogP contribution in [0.4, 0.5) is 0 Å². The molecule has 1 aromatic carbocycles. The van der Waals surface area contributed by atoms with Gasteiger partial charge in [0, 0.05) is 64.4 Å². The molecule has 2 aromatic rings. The summed E-state index contributed by atoms with van der Waals surface area (Å²) >= 11 is 0. The Bertz CT molecular complexity index is 1250. The van der Waals surface area contributed by atoms with Crippen molar-refractivity contribution in [2.75, 3.05) is 32.7 Å². The Kier molecular flexibility index (Phi) is 7.03. The van der Waals surface area contributed by atoms with Gasteiger partial charge in [-0.15, -0.1) is 0 Å². The van der Waals surface area contributed by atoms with Crippen LogP contribution in [0, 0.1) is 31.6 Å². The Labute approximate surface area is 217 Å². The molecule has 37 heavy (non-hydrogen) atoms. The maximum atomic E-state index is 13.4. The minimum Gasteiger partial charge on any atom is -0.349 e. The van der Waals surface area contributed by atoms with E-state index in [4.69, 9.17) is 0 Å². The number of nitrogens with one attached hydrogen (secondary N) is 1. The first-order chi connectivity index (χ1) is 17.7. The van der Waals surface area contributed by atoms with Gasteiger partial charge in [0.25, 0.3) is 11.5 Å². The van der Waals surface area contributed by atoms with Crippen LogP contribution in [-0.4, -0.2) is 64.7 Å². The highest BCUT2D eigenvalue weighted by Gasteiger charge is 2.42. The van der Waals surface area contributed by atoms with E-state index in [1.807, 2.05) is 49.1 Å². The van der Waals surface area contributed by atoms with E-state index in [1.165, 1.54) is 0 Å². The van der Waals surface area contributed by atoms with Crippen LogP contribution in [0.2, 0.25) is 0 Å². The SMILES string of the molecule is Cc1cc(=O)n(C)c(C)c1C(=O)N1CC2CN(CC[C@H](NC(=O)C3CC(=O)C3)c3ccccc3)CC2C1. The van der Waals surface area contributed by atoms with Crippen LogP contribution in [0.25, 0.3) is 0 Å². The van der Waals surface area contributed by atoms with Crippen molar-refractivity contribution in [3.05, 3.63) is 69.1 Å².